The molecule has 1 aliphatic heterocycles. The molecule has 2 rings (SSSR count). The zero-order valence-electron chi connectivity index (χ0n) is 11.6. The van der Waals surface area contributed by atoms with E-state index in [1.165, 1.54) is 6.92 Å². The summed E-state index contributed by atoms with van der Waals surface area (Å²) in [5.41, 5.74) is -0.729. The lowest BCUT2D eigenvalue weighted by molar-refractivity contribution is -0.141. The Labute approximate surface area is 132 Å². The minimum Gasteiger partial charge on any atom is -0.396 e. The second-order valence-electron chi connectivity index (χ2n) is 5.53. The van der Waals surface area contributed by atoms with Crippen LogP contribution in [0.4, 0.5) is 0 Å². The van der Waals surface area contributed by atoms with Crippen LogP contribution in [0.3, 0.4) is 0 Å². The molecule has 0 bridgehead atoms. The second-order valence-corrected chi connectivity index (χ2v) is 6.37. The van der Waals surface area contributed by atoms with Crippen molar-refractivity contribution in [1.29, 1.82) is 0 Å². The van der Waals surface area contributed by atoms with Crippen molar-refractivity contribution in [2.75, 3.05) is 6.61 Å². The van der Waals surface area contributed by atoms with Gasteiger partial charge in [-0.1, -0.05) is 36.2 Å². The summed E-state index contributed by atoms with van der Waals surface area (Å²) < 4.78 is 0. The Morgan fingerprint density at radius 2 is 2.00 bits per heavy atom. The molecule has 4 unspecified atom stereocenters. The van der Waals surface area contributed by atoms with Crippen LogP contribution in [0.5, 0.6) is 0 Å². The summed E-state index contributed by atoms with van der Waals surface area (Å²) in [6, 6.07) is 4.27. The molecular weight excluding hydrogens is 317 g/mol. The molecule has 1 amide bonds. The molecule has 5 nitrogen and oxygen atoms in total. The second kappa shape index (κ2) is 5.74. The molecule has 0 radical (unpaired) electrons. The van der Waals surface area contributed by atoms with Gasteiger partial charge in [0.2, 0.25) is 0 Å². The Balaban J connectivity index is 2.39. The largest absolute Gasteiger partial charge is 0.396 e. The van der Waals surface area contributed by atoms with Crippen LogP contribution in [0.1, 0.15) is 25.5 Å². The molecule has 3 N–H and O–H groups in total. The SMILES string of the molecule is CC(c1ccc(Cl)cc1Cl)N1C(=O)C(O)C(C)(CO)C1O. The van der Waals surface area contributed by atoms with Gasteiger partial charge in [-0.05, 0) is 24.6 Å². The van der Waals surface area contributed by atoms with Gasteiger partial charge in [-0.15, -0.1) is 0 Å². The van der Waals surface area contributed by atoms with Crippen molar-refractivity contribution in [3.8, 4) is 0 Å². The molecular formula is C14H17Cl2NO4. The van der Waals surface area contributed by atoms with Crippen molar-refractivity contribution in [1.82, 2.24) is 4.90 Å². The molecule has 21 heavy (non-hydrogen) atoms. The fraction of sp³-hybridized carbons (Fsp3) is 0.500. The highest BCUT2D eigenvalue weighted by atomic mass is 35.5. The molecule has 1 fully saturated rings. The quantitative estimate of drug-likeness (QED) is 0.784. The Kier molecular flexibility index (Phi) is 4.52. The monoisotopic (exact) mass is 333 g/mol. The van der Waals surface area contributed by atoms with E-state index in [9.17, 15) is 20.1 Å². The summed E-state index contributed by atoms with van der Waals surface area (Å²) in [5.74, 6) is -0.641. The zero-order chi connectivity index (χ0) is 15.9. The number of likely N-dealkylation sites (tertiary alicyclic amines) is 1. The van der Waals surface area contributed by atoms with Crippen LogP contribution in [-0.4, -0.2) is 45.1 Å². The fourth-order valence-corrected chi connectivity index (χ4v) is 3.13. The first-order chi connectivity index (χ1) is 9.74. The van der Waals surface area contributed by atoms with E-state index < -0.39 is 36.3 Å². The Morgan fingerprint density at radius 1 is 1.38 bits per heavy atom. The minimum absolute atomic E-state index is 0.363. The molecule has 1 aliphatic rings. The molecule has 1 aromatic carbocycles. The number of carbonyl (C=O) groups excluding carboxylic acids is 1. The number of halogens is 2. The van der Waals surface area contributed by atoms with Gasteiger partial charge in [0.15, 0.2) is 0 Å². The first kappa shape index (κ1) is 16.5. The summed E-state index contributed by atoms with van der Waals surface area (Å²) >= 11 is 12.0. The highest BCUT2D eigenvalue weighted by Gasteiger charge is 2.56. The Morgan fingerprint density at radius 3 is 2.48 bits per heavy atom. The topological polar surface area (TPSA) is 81.0 Å². The van der Waals surface area contributed by atoms with Crippen molar-refractivity contribution in [3.63, 3.8) is 0 Å². The highest BCUT2D eigenvalue weighted by Crippen LogP contribution is 2.42. The van der Waals surface area contributed by atoms with E-state index in [2.05, 4.69) is 0 Å². The lowest BCUT2D eigenvalue weighted by Crippen LogP contribution is -2.43. The van der Waals surface area contributed by atoms with Crippen molar-refractivity contribution in [2.24, 2.45) is 5.41 Å². The lowest BCUT2D eigenvalue weighted by Gasteiger charge is -2.33. The number of hydrogen-bond acceptors (Lipinski definition) is 4. The van der Waals surface area contributed by atoms with E-state index in [0.29, 0.717) is 15.6 Å². The maximum absolute atomic E-state index is 12.2. The number of rotatable bonds is 3. The molecule has 7 heteroatoms. The predicted molar refractivity (Wildman–Crippen MR) is 78.9 cm³/mol. The first-order valence-corrected chi connectivity index (χ1v) is 7.23. The van der Waals surface area contributed by atoms with Gasteiger partial charge in [-0.3, -0.25) is 4.79 Å². The number of aliphatic hydroxyl groups is 3. The molecule has 4 atom stereocenters. The van der Waals surface area contributed by atoms with Gasteiger partial charge < -0.3 is 20.2 Å². The Bertz CT molecular complexity index is 568. The molecule has 0 aromatic heterocycles. The minimum atomic E-state index is -1.47. The molecule has 1 saturated heterocycles. The van der Waals surface area contributed by atoms with Crippen molar-refractivity contribution < 1.29 is 20.1 Å². The summed E-state index contributed by atoms with van der Waals surface area (Å²) in [6.07, 6.45) is -2.78. The molecule has 1 heterocycles. The molecule has 116 valence electrons. The van der Waals surface area contributed by atoms with E-state index in [4.69, 9.17) is 23.2 Å². The zero-order valence-corrected chi connectivity index (χ0v) is 13.1. The van der Waals surface area contributed by atoms with Crippen LogP contribution >= 0.6 is 23.2 Å². The lowest BCUT2D eigenvalue weighted by atomic mass is 9.86. The van der Waals surface area contributed by atoms with E-state index in [1.54, 1.807) is 25.1 Å². The van der Waals surface area contributed by atoms with Gasteiger partial charge >= 0.3 is 0 Å². The van der Waals surface area contributed by atoms with Crippen molar-refractivity contribution >= 4 is 29.1 Å². The summed E-state index contributed by atoms with van der Waals surface area (Å²) in [6.45, 7) is 2.63. The highest BCUT2D eigenvalue weighted by molar-refractivity contribution is 6.35. The molecule has 0 spiro atoms. The summed E-state index contributed by atoms with van der Waals surface area (Å²) in [4.78, 5) is 13.4. The van der Waals surface area contributed by atoms with Crippen molar-refractivity contribution in [2.45, 2.75) is 32.2 Å². The number of nitrogens with zero attached hydrogens (tertiary/aromatic N) is 1. The van der Waals surface area contributed by atoms with Crippen LogP contribution in [0.15, 0.2) is 18.2 Å². The van der Waals surface area contributed by atoms with E-state index in [1.807, 2.05) is 0 Å². The van der Waals surface area contributed by atoms with Crippen LogP contribution < -0.4 is 0 Å². The number of aliphatic hydroxyl groups excluding tert-OH is 3. The van der Waals surface area contributed by atoms with Gasteiger partial charge in [0.1, 0.15) is 12.3 Å². The smallest absolute Gasteiger partial charge is 0.254 e. The number of carbonyl (C=O) groups is 1. The number of benzene rings is 1. The average Bonchev–Trinajstić information content (AvgIpc) is 2.60. The maximum atomic E-state index is 12.2. The number of amides is 1. The average molecular weight is 334 g/mol. The van der Waals surface area contributed by atoms with Gasteiger partial charge in [0, 0.05) is 10.0 Å². The normalized spacial score (nSPS) is 30.8. The van der Waals surface area contributed by atoms with E-state index >= 15 is 0 Å². The van der Waals surface area contributed by atoms with Crippen LogP contribution in [-0.2, 0) is 4.79 Å². The van der Waals surface area contributed by atoms with E-state index in [0.717, 1.165) is 4.90 Å². The molecule has 0 saturated carbocycles. The summed E-state index contributed by atoms with van der Waals surface area (Å²) in [7, 11) is 0. The van der Waals surface area contributed by atoms with Crippen LogP contribution in [0.25, 0.3) is 0 Å². The standard InChI is InChI=1S/C14H17Cl2NO4/c1-7(9-4-3-8(15)5-10(9)16)17-12(20)11(19)14(2,6-18)13(17)21/h3-5,7,11,13,18-19,21H,6H2,1-2H3. The maximum Gasteiger partial charge on any atom is 0.254 e. The third-order valence-corrected chi connectivity index (χ3v) is 4.70. The van der Waals surface area contributed by atoms with Crippen LogP contribution in [0, 0.1) is 5.41 Å². The van der Waals surface area contributed by atoms with Gasteiger partial charge in [0.05, 0.1) is 18.1 Å². The Hall–Kier alpha value is -0.850. The van der Waals surface area contributed by atoms with Gasteiger partial charge in [-0.25, -0.2) is 0 Å². The fourth-order valence-electron chi connectivity index (χ4n) is 2.56. The summed E-state index contributed by atoms with van der Waals surface area (Å²) in [5, 5.41) is 30.6. The van der Waals surface area contributed by atoms with E-state index in [-0.39, 0.29) is 0 Å². The number of hydrogen-bond donors (Lipinski definition) is 3. The third-order valence-electron chi connectivity index (χ3n) is 4.14. The van der Waals surface area contributed by atoms with Gasteiger partial charge in [0.25, 0.3) is 5.91 Å². The molecule has 1 aromatic rings. The van der Waals surface area contributed by atoms with Gasteiger partial charge in [-0.2, -0.15) is 0 Å². The third kappa shape index (κ3) is 2.53. The first-order valence-electron chi connectivity index (χ1n) is 6.48. The predicted octanol–water partition coefficient (Wildman–Crippen LogP) is 1.57. The molecule has 0 aliphatic carbocycles. The van der Waals surface area contributed by atoms with Crippen LogP contribution in [0.2, 0.25) is 10.0 Å². The van der Waals surface area contributed by atoms with Crippen molar-refractivity contribution in [3.05, 3.63) is 33.8 Å².